The summed E-state index contributed by atoms with van der Waals surface area (Å²) in [5.41, 5.74) is 1.45. The largest absolute Gasteiger partial charge is 0.497 e. The molecule has 0 fully saturated rings. The maximum atomic E-state index is 13.0. The van der Waals surface area contributed by atoms with Crippen molar-refractivity contribution in [3.05, 3.63) is 54.9 Å². The van der Waals surface area contributed by atoms with Gasteiger partial charge in [0.25, 0.3) is 10.0 Å². The minimum atomic E-state index is -4.09. The number of methoxy groups -OCH3 is 2. The molecule has 0 aliphatic rings. The molecule has 0 atom stereocenters. The van der Waals surface area contributed by atoms with Crippen molar-refractivity contribution in [2.45, 2.75) is 11.8 Å². The van der Waals surface area contributed by atoms with E-state index in [4.69, 9.17) is 9.47 Å². The van der Waals surface area contributed by atoms with Crippen LogP contribution in [0, 0.1) is 0 Å². The molecule has 0 saturated heterocycles. The summed E-state index contributed by atoms with van der Waals surface area (Å²) in [6.45, 7) is 1.49. The molecule has 12 heteroatoms. The van der Waals surface area contributed by atoms with Gasteiger partial charge in [0.15, 0.2) is 0 Å². The molecular weight excluding hydrogens is 456 g/mol. The molecule has 1 aromatic heterocycles. The van der Waals surface area contributed by atoms with Crippen LogP contribution in [0.5, 0.6) is 11.5 Å². The summed E-state index contributed by atoms with van der Waals surface area (Å²) in [5, 5.41) is 0. The van der Waals surface area contributed by atoms with E-state index in [0.717, 1.165) is 5.56 Å². The van der Waals surface area contributed by atoms with Gasteiger partial charge in [-0.15, -0.1) is 0 Å². The number of aromatic nitrogens is 2. The zero-order chi connectivity index (χ0) is 23.4. The molecule has 0 saturated carbocycles. The summed E-state index contributed by atoms with van der Waals surface area (Å²) in [6, 6.07) is 12.5. The van der Waals surface area contributed by atoms with Gasteiger partial charge in [0, 0.05) is 17.7 Å². The predicted molar refractivity (Wildman–Crippen MR) is 121 cm³/mol. The first-order chi connectivity index (χ1) is 15.2. The molecular formula is C20H22N4O6S2. The second-order valence-electron chi connectivity index (χ2n) is 6.49. The van der Waals surface area contributed by atoms with Crippen molar-refractivity contribution in [2.75, 3.05) is 29.4 Å². The third-order valence-electron chi connectivity index (χ3n) is 4.40. The summed E-state index contributed by atoms with van der Waals surface area (Å²) < 4.78 is 64.5. The third-order valence-corrected chi connectivity index (χ3v) is 7.10. The highest BCUT2D eigenvalue weighted by Gasteiger charge is 2.22. The zero-order valence-electron chi connectivity index (χ0n) is 17.6. The zero-order valence-corrected chi connectivity index (χ0v) is 19.2. The van der Waals surface area contributed by atoms with Crippen LogP contribution in [-0.4, -0.2) is 46.8 Å². The Morgan fingerprint density at radius 2 is 1.59 bits per heavy atom. The highest BCUT2D eigenvalue weighted by atomic mass is 32.2. The lowest BCUT2D eigenvalue weighted by atomic mass is 10.1. The number of ether oxygens (including phenoxy) is 2. The lowest BCUT2D eigenvalue weighted by molar-refractivity contribution is 0.403. The second kappa shape index (κ2) is 9.40. The van der Waals surface area contributed by atoms with Crippen LogP contribution in [0.2, 0.25) is 0 Å². The van der Waals surface area contributed by atoms with E-state index in [1.54, 1.807) is 31.4 Å². The Bertz CT molecular complexity index is 1310. The summed E-state index contributed by atoms with van der Waals surface area (Å²) >= 11 is 0. The van der Waals surface area contributed by atoms with Gasteiger partial charge in [0.2, 0.25) is 10.0 Å². The van der Waals surface area contributed by atoms with Crippen molar-refractivity contribution in [1.29, 1.82) is 0 Å². The Kier molecular flexibility index (Phi) is 6.84. The van der Waals surface area contributed by atoms with E-state index in [0.29, 0.717) is 11.4 Å². The molecule has 0 spiro atoms. The predicted octanol–water partition coefficient (Wildman–Crippen LogP) is 2.72. The Morgan fingerprint density at radius 1 is 0.875 bits per heavy atom. The molecule has 3 aromatic rings. The Balaban J connectivity index is 1.89. The van der Waals surface area contributed by atoms with Crippen molar-refractivity contribution in [1.82, 2.24) is 9.97 Å². The highest BCUT2D eigenvalue weighted by molar-refractivity contribution is 7.93. The van der Waals surface area contributed by atoms with Gasteiger partial charge in [-0.1, -0.05) is 0 Å². The number of rotatable bonds is 9. The van der Waals surface area contributed by atoms with Crippen LogP contribution < -0.4 is 18.9 Å². The van der Waals surface area contributed by atoms with Crippen LogP contribution in [0.3, 0.4) is 0 Å². The van der Waals surface area contributed by atoms with Crippen LogP contribution in [0.4, 0.5) is 11.5 Å². The molecule has 0 radical (unpaired) electrons. The number of nitrogens with zero attached hydrogens (tertiary/aromatic N) is 2. The van der Waals surface area contributed by atoms with E-state index in [-0.39, 0.29) is 27.9 Å². The summed E-state index contributed by atoms with van der Waals surface area (Å²) in [7, 11) is -4.77. The Hall–Kier alpha value is -3.38. The van der Waals surface area contributed by atoms with Gasteiger partial charge in [-0.05, 0) is 43.3 Å². The smallest absolute Gasteiger partial charge is 0.266 e. The molecule has 170 valence electrons. The number of benzene rings is 2. The molecule has 2 N–H and O–H groups in total. The van der Waals surface area contributed by atoms with E-state index < -0.39 is 20.0 Å². The fourth-order valence-corrected chi connectivity index (χ4v) is 4.51. The van der Waals surface area contributed by atoms with Gasteiger partial charge in [0.05, 0.1) is 31.4 Å². The first-order valence-corrected chi connectivity index (χ1v) is 12.5. The summed E-state index contributed by atoms with van der Waals surface area (Å²) in [5.74, 6) is 0.587. The molecule has 0 aliphatic carbocycles. The average molecular weight is 479 g/mol. The Labute approximate surface area is 186 Å². The third kappa shape index (κ3) is 5.45. The highest BCUT2D eigenvalue weighted by Crippen LogP contribution is 2.30. The topological polar surface area (TPSA) is 137 Å². The molecule has 0 aliphatic heterocycles. The second-order valence-corrected chi connectivity index (χ2v) is 10.2. The molecule has 10 nitrogen and oxygen atoms in total. The summed E-state index contributed by atoms with van der Waals surface area (Å²) in [4.78, 5) is 7.99. The van der Waals surface area contributed by atoms with Crippen molar-refractivity contribution in [2.24, 2.45) is 0 Å². The van der Waals surface area contributed by atoms with Crippen molar-refractivity contribution >= 4 is 31.6 Å². The van der Waals surface area contributed by atoms with Gasteiger partial charge in [-0.25, -0.2) is 26.8 Å². The van der Waals surface area contributed by atoms with Gasteiger partial charge in [-0.3, -0.25) is 9.44 Å². The first kappa shape index (κ1) is 23.3. The molecule has 32 heavy (non-hydrogen) atoms. The molecule has 0 amide bonds. The fraction of sp³-hybridized carbons (Fsp3) is 0.200. The molecule has 3 rings (SSSR count). The summed E-state index contributed by atoms with van der Waals surface area (Å²) in [6.07, 6.45) is 1.25. The maximum Gasteiger partial charge on any atom is 0.266 e. The van der Waals surface area contributed by atoms with E-state index >= 15 is 0 Å². The van der Waals surface area contributed by atoms with Gasteiger partial charge in [0.1, 0.15) is 28.5 Å². The SMILES string of the molecule is CCS(=O)(=O)Nc1ccc(S(=O)(=O)Nc2cc(-c3ccc(OC)cc3)ncn2)c(OC)c1. The van der Waals surface area contributed by atoms with E-state index in [1.807, 2.05) is 0 Å². The Morgan fingerprint density at radius 3 is 2.22 bits per heavy atom. The van der Waals surface area contributed by atoms with Gasteiger partial charge >= 0.3 is 0 Å². The number of sulfonamides is 2. The van der Waals surface area contributed by atoms with E-state index in [9.17, 15) is 16.8 Å². The fourth-order valence-electron chi connectivity index (χ4n) is 2.73. The number of nitrogens with one attached hydrogen (secondary N) is 2. The quantitative estimate of drug-likeness (QED) is 0.479. The number of hydrogen-bond acceptors (Lipinski definition) is 8. The molecule has 0 unspecified atom stereocenters. The molecule has 2 aromatic carbocycles. The lowest BCUT2D eigenvalue weighted by Gasteiger charge is -2.13. The van der Waals surface area contributed by atoms with Crippen molar-refractivity contribution < 1.29 is 26.3 Å². The van der Waals surface area contributed by atoms with Crippen molar-refractivity contribution in [3.63, 3.8) is 0 Å². The van der Waals surface area contributed by atoms with Crippen LogP contribution in [0.15, 0.2) is 59.8 Å². The minimum Gasteiger partial charge on any atom is -0.497 e. The molecule has 0 bridgehead atoms. The average Bonchev–Trinajstić information content (AvgIpc) is 2.78. The van der Waals surface area contributed by atoms with Crippen LogP contribution >= 0.6 is 0 Å². The molecule has 1 heterocycles. The first-order valence-electron chi connectivity index (χ1n) is 9.35. The number of hydrogen-bond donors (Lipinski definition) is 2. The van der Waals surface area contributed by atoms with Crippen LogP contribution in [-0.2, 0) is 20.0 Å². The van der Waals surface area contributed by atoms with Crippen LogP contribution in [0.1, 0.15) is 6.92 Å². The van der Waals surface area contributed by atoms with E-state index in [2.05, 4.69) is 19.4 Å². The van der Waals surface area contributed by atoms with Gasteiger partial charge in [-0.2, -0.15) is 0 Å². The lowest BCUT2D eigenvalue weighted by Crippen LogP contribution is -2.17. The van der Waals surface area contributed by atoms with Gasteiger partial charge < -0.3 is 9.47 Å². The standard InChI is InChI=1S/C20H22N4O6S2/c1-4-31(25,26)23-15-7-10-19(18(11-15)30-3)32(27,28)24-20-12-17(21-13-22-20)14-5-8-16(29-2)9-6-14/h5-13,23H,4H2,1-3H3,(H,21,22,24). The maximum absolute atomic E-state index is 13.0. The monoisotopic (exact) mass is 478 g/mol. The normalized spacial score (nSPS) is 11.6. The van der Waals surface area contributed by atoms with Crippen LogP contribution in [0.25, 0.3) is 11.3 Å². The van der Waals surface area contributed by atoms with Crippen molar-refractivity contribution in [3.8, 4) is 22.8 Å². The number of anilines is 2. The minimum absolute atomic E-state index is 0.0294. The van der Waals surface area contributed by atoms with E-state index in [1.165, 1.54) is 44.6 Å².